The van der Waals surface area contributed by atoms with Crippen LogP contribution < -0.4 is 16.2 Å². The van der Waals surface area contributed by atoms with Crippen LogP contribution in [-0.2, 0) is 19.2 Å². The third kappa shape index (κ3) is 4.24. The van der Waals surface area contributed by atoms with Gasteiger partial charge in [-0.2, -0.15) is 0 Å². The molecular weight excluding hydrogens is 350 g/mol. The van der Waals surface area contributed by atoms with Gasteiger partial charge in [-0.3, -0.25) is 9.59 Å². The number of hydrogen-bond acceptors (Lipinski definition) is 6. The molecule has 0 unspecified atom stereocenters. The van der Waals surface area contributed by atoms with Crippen LogP contribution in [0.15, 0.2) is 0 Å². The van der Waals surface area contributed by atoms with Crippen molar-refractivity contribution in [2.45, 2.75) is 67.7 Å². The number of hydrogen-bond donors (Lipinski definition) is 3. The smallest absolute Gasteiger partial charge is 0.326 e. The van der Waals surface area contributed by atoms with E-state index in [1.807, 2.05) is 0 Å². The molecule has 0 aromatic rings. The Hall–Kier alpha value is -1.81. The van der Waals surface area contributed by atoms with Crippen molar-refractivity contribution in [3.8, 4) is 0 Å². The summed E-state index contributed by atoms with van der Waals surface area (Å²) in [6.07, 6.45) is -2.27. The Morgan fingerprint density at radius 3 is 2.92 bits per heavy atom. The van der Waals surface area contributed by atoms with Crippen LogP contribution in [-0.4, -0.2) is 62.5 Å². The predicted molar refractivity (Wildman–Crippen MR) is 85.8 cm³/mol. The molecule has 0 aliphatic carbocycles. The molecule has 10 heteroatoms. The molecule has 2 fully saturated rings. The molecule has 9 nitrogen and oxygen atoms in total. The summed E-state index contributed by atoms with van der Waals surface area (Å²) in [5.74, 6) is -3.76. The van der Waals surface area contributed by atoms with Crippen molar-refractivity contribution in [3.63, 3.8) is 0 Å². The second kappa shape index (κ2) is 8.05. The maximum absolute atomic E-state index is 12.4. The van der Waals surface area contributed by atoms with Crippen LogP contribution in [0.1, 0.15) is 44.4 Å². The number of carbonyl (C=O) groups excluding carboxylic acids is 3. The number of thioether (sulfide) groups is 1. The highest BCUT2D eigenvalue weighted by Gasteiger charge is 2.56. The maximum atomic E-state index is 12.4. The first kappa shape index (κ1) is 14.4. The molecule has 2 rings (SSSR count). The van der Waals surface area contributed by atoms with E-state index in [4.69, 9.17) is 5.48 Å². The van der Waals surface area contributed by atoms with Gasteiger partial charge in [-0.15, -0.1) is 11.8 Å². The molecular formula is C15H23N3O6S. The first-order valence-electron chi connectivity index (χ1n) is 9.91. The SMILES string of the molecule is [2H]C([2H])C([2H])([2H])[C@@H]1C[C@H](C(=O)O)N2C(=O)[C@@H](NC(=O)CCC[C@H]([NH3+])C(=O)[O-])[C@H]2S1. The van der Waals surface area contributed by atoms with Gasteiger partial charge < -0.3 is 31.0 Å². The van der Waals surface area contributed by atoms with Crippen molar-refractivity contribution in [1.82, 2.24) is 10.2 Å². The van der Waals surface area contributed by atoms with Crippen molar-refractivity contribution in [1.29, 1.82) is 0 Å². The highest BCUT2D eigenvalue weighted by Crippen LogP contribution is 2.43. The number of carbonyl (C=O) groups is 4. The van der Waals surface area contributed by atoms with Crippen LogP contribution in [0.4, 0.5) is 0 Å². The fourth-order valence-electron chi connectivity index (χ4n) is 2.83. The fourth-order valence-corrected chi connectivity index (χ4v) is 4.27. The Balaban J connectivity index is 2.03. The molecule has 25 heavy (non-hydrogen) atoms. The third-order valence-electron chi connectivity index (χ3n) is 4.23. The Morgan fingerprint density at radius 2 is 2.32 bits per heavy atom. The molecule has 2 saturated heterocycles. The van der Waals surface area contributed by atoms with E-state index in [-0.39, 0.29) is 25.7 Å². The number of nitrogens with zero attached hydrogens (tertiary/aromatic N) is 1. The van der Waals surface area contributed by atoms with Crippen LogP contribution in [0, 0.1) is 0 Å². The summed E-state index contributed by atoms with van der Waals surface area (Å²) in [6, 6.07) is -3.30. The van der Waals surface area contributed by atoms with Crippen molar-refractivity contribution < 1.29 is 40.6 Å². The molecule has 0 aromatic heterocycles. The molecule has 0 aromatic carbocycles. The van der Waals surface area contributed by atoms with Crippen LogP contribution in [0.2, 0.25) is 0 Å². The normalized spacial score (nSPS) is 32.4. The maximum Gasteiger partial charge on any atom is 0.326 e. The number of β-lactam (4-membered cyclic amide) rings is 1. The number of fused-ring (bicyclic) bond motifs is 1. The first-order chi connectivity index (χ1) is 13.4. The zero-order valence-corrected chi connectivity index (χ0v) is 14.2. The van der Waals surface area contributed by atoms with Gasteiger partial charge in [-0.25, -0.2) is 4.79 Å². The molecule has 2 amide bonds. The molecule has 0 saturated carbocycles. The average molecular weight is 377 g/mol. The number of aliphatic carboxylic acids is 2. The zero-order valence-electron chi connectivity index (χ0n) is 17.3. The van der Waals surface area contributed by atoms with E-state index in [0.717, 1.165) is 16.7 Å². The predicted octanol–water partition coefficient (Wildman–Crippen LogP) is -2.46. The largest absolute Gasteiger partial charge is 0.544 e. The second-order valence-corrected chi connectivity index (χ2v) is 7.29. The number of rotatable bonds is 8. The Bertz CT molecular complexity index is 697. The molecule has 140 valence electrons. The third-order valence-corrected chi connectivity index (χ3v) is 5.67. The van der Waals surface area contributed by atoms with Gasteiger partial charge in [-0.05, 0) is 19.2 Å². The summed E-state index contributed by atoms with van der Waals surface area (Å²) in [5, 5.41) is 20.7. The quantitative estimate of drug-likeness (QED) is 0.396. The van der Waals surface area contributed by atoms with E-state index < -0.39 is 65.8 Å². The van der Waals surface area contributed by atoms with Crippen molar-refractivity contribution >= 4 is 35.5 Å². The van der Waals surface area contributed by atoms with Gasteiger partial charge >= 0.3 is 5.97 Å². The number of nitrogens with one attached hydrogen (secondary N) is 1. The topological polar surface area (TPSA) is 154 Å². The lowest BCUT2D eigenvalue weighted by atomic mass is 9.98. The highest BCUT2D eigenvalue weighted by molar-refractivity contribution is 8.00. The van der Waals surface area contributed by atoms with Gasteiger partial charge in [0.15, 0.2) is 0 Å². The first-order valence-corrected chi connectivity index (χ1v) is 8.70. The van der Waals surface area contributed by atoms with Crippen LogP contribution >= 0.6 is 11.8 Å². The monoisotopic (exact) mass is 377 g/mol. The van der Waals surface area contributed by atoms with Gasteiger partial charge in [0.2, 0.25) is 11.8 Å². The van der Waals surface area contributed by atoms with E-state index in [2.05, 4.69) is 11.1 Å². The van der Waals surface area contributed by atoms with Crippen molar-refractivity contribution in [2.24, 2.45) is 0 Å². The number of carboxylic acid groups (broad SMARTS) is 2. The molecule has 0 bridgehead atoms. The van der Waals surface area contributed by atoms with Gasteiger partial charge in [-0.1, -0.05) is 6.88 Å². The number of carboxylic acids is 2. The molecule has 2 aliphatic heterocycles. The van der Waals surface area contributed by atoms with Crippen LogP contribution in [0.5, 0.6) is 0 Å². The lowest BCUT2D eigenvalue weighted by molar-refractivity contribution is -0.438. The van der Waals surface area contributed by atoms with Crippen molar-refractivity contribution in [2.75, 3.05) is 0 Å². The molecule has 2 heterocycles. The summed E-state index contributed by atoms with van der Waals surface area (Å²) in [4.78, 5) is 47.7. The lowest BCUT2D eigenvalue weighted by Gasteiger charge is -2.53. The Morgan fingerprint density at radius 1 is 1.60 bits per heavy atom. The van der Waals surface area contributed by atoms with Gasteiger partial charge in [0.1, 0.15) is 23.5 Å². The Labute approximate surface area is 154 Å². The van der Waals surface area contributed by atoms with Crippen LogP contribution in [0.3, 0.4) is 0 Å². The lowest BCUT2D eigenvalue weighted by Crippen LogP contribution is -2.75. The molecule has 5 atom stereocenters. The summed E-state index contributed by atoms with van der Waals surface area (Å²) in [5.41, 5.74) is 3.38. The standard InChI is InChI=1S/C15H23N3O6S/c1-2-7-6-9(15(23)24)18-12(20)11(13(18)25-7)17-10(19)5-3-4-8(16)14(21)22/h7-9,11,13H,2-6,16H2,1H3,(H,17,19)(H,21,22)(H,23,24)/t7-,8+,9-,11-,13-/m1/s1/i1D2,2D2. The van der Waals surface area contributed by atoms with Crippen LogP contribution in [0.25, 0.3) is 0 Å². The fraction of sp³-hybridized carbons (Fsp3) is 0.733. The number of quaternary nitrogens is 1. The summed E-state index contributed by atoms with van der Waals surface area (Å²) in [6.45, 7) is -1.84. The number of amides is 2. The molecule has 0 spiro atoms. The van der Waals surface area contributed by atoms with E-state index in [9.17, 15) is 29.4 Å². The highest BCUT2D eigenvalue weighted by atomic mass is 32.2. The zero-order chi connectivity index (χ0) is 22.1. The molecule has 2 aliphatic rings. The van der Waals surface area contributed by atoms with E-state index in [1.54, 1.807) is 0 Å². The van der Waals surface area contributed by atoms with E-state index >= 15 is 0 Å². The minimum atomic E-state index is -2.30. The summed E-state index contributed by atoms with van der Waals surface area (Å²) in [7, 11) is 0. The average Bonchev–Trinajstić information content (AvgIpc) is 2.64. The Kier molecular flexibility index (Phi) is 4.62. The van der Waals surface area contributed by atoms with E-state index in [1.165, 1.54) is 0 Å². The minimum Gasteiger partial charge on any atom is -0.544 e. The van der Waals surface area contributed by atoms with Gasteiger partial charge in [0, 0.05) is 23.6 Å². The van der Waals surface area contributed by atoms with Gasteiger partial charge in [0.25, 0.3) is 0 Å². The molecule has 5 N–H and O–H groups in total. The van der Waals surface area contributed by atoms with Gasteiger partial charge in [0.05, 0.1) is 5.97 Å². The van der Waals surface area contributed by atoms with Crippen molar-refractivity contribution in [3.05, 3.63) is 0 Å². The molecule has 0 radical (unpaired) electrons. The second-order valence-electron chi connectivity index (χ2n) is 5.97. The minimum absolute atomic E-state index is 0.0609. The van der Waals surface area contributed by atoms with E-state index in [0.29, 0.717) is 0 Å². The summed E-state index contributed by atoms with van der Waals surface area (Å²) >= 11 is 0.940. The summed E-state index contributed by atoms with van der Waals surface area (Å²) < 4.78 is 30.7.